The van der Waals surface area contributed by atoms with Crippen molar-refractivity contribution < 1.29 is 9.32 Å². The lowest BCUT2D eigenvalue weighted by Crippen LogP contribution is -2.29. The minimum Gasteiger partial charge on any atom is -0.361 e. The van der Waals surface area contributed by atoms with Gasteiger partial charge in [0.05, 0.1) is 23.8 Å². The number of aromatic nitrogens is 3. The standard InChI is InChI=1S/C21H25ClN4O2/c1-5-19(16-8-6-15(7-9-16)13(2)3)24-21(27)20-18(14(4)28-25-20)12-26-11-17(22)10-23-26/h6-11,13,19H,5,12H2,1-4H3,(H,24,27). The van der Waals surface area contributed by atoms with Crippen molar-refractivity contribution in [1.29, 1.82) is 0 Å². The summed E-state index contributed by atoms with van der Waals surface area (Å²) in [6.45, 7) is 8.52. The lowest BCUT2D eigenvalue weighted by atomic mass is 9.98. The Hall–Kier alpha value is -2.60. The topological polar surface area (TPSA) is 73.0 Å². The predicted octanol–water partition coefficient (Wildman–Crippen LogP) is 4.89. The van der Waals surface area contributed by atoms with Crippen LogP contribution in [0.25, 0.3) is 0 Å². The van der Waals surface area contributed by atoms with Gasteiger partial charge in [-0.2, -0.15) is 5.10 Å². The maximum absolute atomic E-state index is 12.9. The molecule has 0 saturated heterocycles. The molecule has 1 unspecified atom stereocenters. The molecule has 6 nitrogen and oxygen atoms in total. The van der Waals surface area contributed by atoms with E-state index in [0.717, 1.165) is 12.0 Å². The number of hydrogen-bond donors (Lipinski definition) is 1. The van der Waals surface area contributed by atoms with Gasteiger partial charge in [-0.1, -0.05) is 61.8 Å². The molecule has 148 valence electrons. The zero-order chi connectivity index (χ0) is 20.3. The first kappa shape index (κ1) is 20.1. The second-order valence-corrected chi connectivity index (χ2v) is 7.61. The van der Waals surface area contributed by atoms with E-state index in [2.05, 4.69) is 53.7 Å². The van der Waals surface area contributed by atoms with Crippen LogP contribution in [0.3, 0.4) is 0 Å². The summed E-state index contributed by atoms with van der Waals surface area (Å²) in [5.41, 5.74) is 3.32. The quantitative estimate of drug-likeness (QED) is 0.613. The molecule has 1 N–H and O–H groups in total. The average molecular weight is 401 g/mol. The normalized spacial score (nSPS) is 12.4. The number of amides is 1. The lowest BCUT2D eigenvalue weighted by molar-refractivity contribution is 0.0925. The molecular formula is C21H25ClN4O2. The van der Waals surface area contributed by atoms with Crippen molar-refractivity contribution in [2.45, 2.75) is 52.6 Å². The van der Waals surface area contributed by atoms with Gasteiger partial charge in [0.2, 0.25) is 0 Å². The van der Waals surface area contributed by atoms with Gasteiger partial charge in [0.25, 0.3) is 5.91 Å². The van der Waals surface area contributed by atoms with Crippen molar-refractivity contribution in [2.75, 3.05) is 0 Å². The molecule has 0 aliphatic carbocycles. The monoisotopic (exact) mass is 400 g/mol. The molecule has 3 aromatic rings. The van der Waals surface area contributed by atoms with Crippen LogP contribution in [0.5, 0.6) is 0 Å². The zero-order valence-electron chi connectivity index (χ0n) is 16.6. The first-order valence-electron chi connectivity index (χ1n) is 9.42. The molecule has 1 aromatic carbocycles. The number of aryl methyl sites for hydroxylation is 1. The van der Waals surface area contributed by atoms with Gasteiger partial charge in [0.15, 0.2) is 5.69 Å². The van der Waals surface area contributed by atoms with Gasteiger partial charge < -0.3 is 9.84 Å². The third-order valence-corrected chi connectivity index (χ3v) is 5.04. The summed E-state index contributed by atoms with van der Waals surface area (Å²) in [6.07, 6.45) is 4.02. The van der Waals surface area contributed by atoms with Crippen molar-refractivity contribution in [3.05, 3.63) is 69.8 Å². The smallest absolute Gasteiger partial charge is 0.274 e. The summed E-state index contributed by atoms with van der Waals surface area (Å²) in [5.74, 6) is 0.802. The van der Waals surface area contributed by atoms with E-state index < -0.39 is 0 Å². The molecule has 28 heavy (non-hydrogen) atoms. The fourth-order valence-corrected chi connectivity index (χ4v) is 3.26. The van der Waals surface area contributed by atoms with Gasteiger partial charge in [0.1, 0.15) is 5.76 Å². The zero-order valence-corrected chi connectivity index (χ0v) is 17.3. The fourth-order valence-electron chi connectivity index (χ4n) is 3.10. The molecule has 0 aliphatic heterocycles. The molecule has 0 spiro atoms. The predicted molar refractivity (Wildman–Crippen MR) is 109 cm³/mol. The number of hydrogen-bond acceptors (Lipinski definition) is 4. The summed E-state index contributed by atoms with van der Waals surface area (Å²) in [6, 6.07) is 8.27. The Morgan fingerprint density at radius 1 is 1.25 bits per heavy atom. The summed E-state index contributed by atoms with van der Waals surface area (Å²) < 4.78 is 6.93. The van der Waals surface area contributed by atoms with Crippen LogP contribution in [0, 0.1) is 6.92 Å². The minimum absolute atomic E-state index is 0.0993. The number of carbonyl (C=O) groups is 1. The Balaban J connectivity index is 1.78. The molecule has 3 rings (SSSR count). The van der Waals surface area contributed by atoms with Crippen LogP contribution in [-0.2, 0) is 6.54 Å². The van der Waals surface area contributed by atoms with Crippen molar-refractivity contribution in [3.8, 4) is 0 Å². The van der Waals surface area contributed by atoms with Crippen molar-refractivity contribution in [3.63, 3.8) is 0 Å². The molecule has 7 heteroatoms. The first-order valence-corrected chi connectivity index (χ1v) is 9.80. The van der Waals surface area contributed by atoms with Crippen LogP contribution in [-0.4, -0.2) is 20.8 Å². The average Bonchev–Trinajstić information content (AvgIpc) is 3.25. The third kappa shape index (κ3) is 4.44. The Morgan fingerprint density at radius 3 is 2.50 bits per heavy atom. The highest BCUT2D eigenvalue weighted by atomic mass is 35.5. The molecule has 0 radical (unpaired) electrons. The van der Waals surface area contributed by atoms with Crippen LogP contribution in [0.15, 0.2) is 41.2 Å². The van der Waals surface area contributed by atoms with E-state index in [-0.39, 0.29) is 17.6 Å². The van der Waals surface area contributed by atoms with Crippen molar-refractivity contribution in [1.82, 2.24) is 20.3 Å². The molecular weight excluding hydrogens is 376 g/mol. The molecule has 2 heterocycles. The highest BCUT2D eigenvalue weighted by molar-refractivity contribution is 6.30. The fraction of sp³-hybridized carbons (Fsp3) is 0.381. The van der Waals surface area contributed by atoms with E-state index in [1.807, 2.05) is 6.92 Å². The van der Waals surface area contributed by atoms with E-state index in [4.69, 9.17) is 16.1 Å². The third-order valence-electron chi connectivity index (χ3n) is 4.84. The maximum Gasteiger partial charge on any atom is 0.274 e. The Bertz CT molecular complexity index is 944. The Morgan fingerprint density at radius 2 is 1.93 bits per heavy atom. The van der Waals surface area contributed by atoms with E-state index in [1.54, 1.807) is 24.0 Å². The van der Waals surface area contributed by atoms with Crippen LogP contribution in [0.4, 0.5) is 0 Å². The summed E-state index contributed by atoms with van der Waals surface area (Å²) in [7, 11) is 0. The highest BCUT2D eigenvalue weighted by Gasteiger charge is 2.23. The second-order valence-electron chi connectivity index (χ2n) is 7.18. The van der Waals surface area contributed by atoms with E-state index in [0.29, 0.717) is 28.8 Å². The SMILES string of the molecule is CCC(NC(=O)c1noc(C)c1Cn1cc(Cl)cn1)c1ccc(C(C)C)cc1. The minimum atomic E-state index is -0.259. The van der Waals surface area contributed by atoms with Crippen molar-refractivity contribution in [2.24, 2.45) is 0 Å². The first-order chi connectivity index (χ1) is 13.4. The molecule has 0 aliphatic rings. The van der Waals surface area contributed by atoms with Gasteiger partial charge in [0, 0.05) is 11.8 Å². The van der Waals surface area contributed by atoms with Crippen molar-refractivity contribution >= 4 is 17.5 Å². The summed E-state index contributed by atoms with van der Waals surface area (Å²) >= 11 is 5.93. The van der Waals surface area contributed by atoms with E-state index in [9.17, 15) is 4.79 Å². The van der Waals surface area contributed by atoms with Gasteiger partial charge in [-0.05, 0) is 30.4 Å². The molecule has 1 atom stereocenters. The van der Waals surface area contributed by atoms with Gasteiger partial charge in [-0.15, -0.1) is 0 Å². The van der Waals surface area contributed by atoms with Gasteiger partial charge >= 0.3 is 0 Å². The van der Waals surface area contributed by atoms with Crippen LogP contribution >= 0.6 is 11.6 Å². The molecule has 2 aromatic heterocycles. The number of nitrogens with one attached hydrogen (secondary N) is 1. The number of rotatable bonds is 7. The molecule has 0 fully saturated rings. The van der Waals surface area contributed by atoms with Crippen LogP contribution < -0.4 is 5.32 Å². The highest BCUT2D eigenvalue weighted by Crippen LogP contribution is 2.22. The van der Waals surface area contributed by atoms with E-state index >= 15 is 0 Å². The summed E-state index contributed by atoms with van der Waals surface area (Å²) in [4.78, 5) is 12.9. The number of carbonyl (C=O) groups excluding carboxylic acids is 1. The van der Waals surface area contributed by atoms with Gasteiger partial charge in [-0.3, -0.25) is 9.48 Å². The largest absolute Gasteiger partial charge is 0.361 e. The second kappa shape index (κ2) is 8.61. The Kier molecular flexibility index (Phi) is 6.19. The Labute approximate surface area is 169 Å². The van der Waals surface area contributed by atoms with Gasteiger partial charge in [-0.25, -0.2) is 0 Å². The number of benzene rings is 1. The number of halogens is 1. The van der Waals surface area contributed by atoms with Crippen LogP contribution in [0.1, 0.15) is 72.1 Å². The molecule has 0 bridgehead atoms. The molecule has 0 saturated carbocycles. The van der Waals surface area contributed by atoms with Crippen LogP contribution in [0.2, 0.25) is 5.02 Å². The maximum atomic E-state index is 12.9. The van der Waals surface area contributed by atoms with E-state index in [1.165, 1.54) is 5.56 Å². The molecule has 1 amide bonds. The number of nitrogens with zero attached hydrogens (tertiary/aromatic N) is 3. The lowest BCUT2D eigenvalue weighted by Gasteiger charge is -2.18. The summed E-state index contributed by atoms with van der Waals surface area (Å²) in [5, 5.41) is 11.8.